The molecular formula is C19H15N5O. The number of carbonyl (C=O) groups excluding carboxylic acids is 1. The zero-order valence-corrected chi connectivity index (χ0v) is 13.3. The molecule has 3 aromatic rings. The summed E-state index contributed by atoms with van der Waals surface area (Å²) in [6.45, 7) is 0.308. The molecule has 1 aromatic carbocycles. The molecular weight excluding hydrogens is 314 g/mol. The topological polar surface area (TPSA) is 94.5 Å². The first-order valence-corrected chi connectivity index (χ1v) is 7.65. The molecule has 0 aliphatic carbocycles. The van der Waals surface area contributed by atoms with Gasteiger partial charge in [-0.1, -0.05) is 36.4 Å². The Kier molecular flexibility index (Phi) is 4.98. The number of nitrogens with one attached hydrogen (secondary N) is 2. The van der Waals surface area contributed by atoms with Crippen LogP contribution in [0.2, 0.25) is 0 Å². The van der Waals surface area contributed by atoms with Crippen LogP contribution in [0.4, 0.5) is 0 Å². The number of H-pyrrole nitrogens is 1. The van der Waals surface area contributed by atoms with E-state index in [1.54, 1.807) is 24.7 Å². The Morgan fingerprint density at radius 1 is 1.20 bits per heavy atom. The molecule has 0 saturated carbocycles. The molecule has 2 heterocycles. The summed E-state index contributed by atoms with van der Waals surface area (Å²) in [4.78, 5) is 16.3. The monoisotopic (exact) mass is 329 g/mol. The van der Waals surface area contributed by atoms with Crippen molar-refractivity contribution in [2.75, 3.05) is 0 Å². The van der Waals surface area contributed by atoms with Gasteiger partial charge in [0.05, 0.1) is 11.9 Å². The van der Waals surface area contributed by atoms with Crippen molar-refractivity contribution in [2.24, 2.45) is 0 Å². The minimum absolute atomic E-state index is 0.0162. The first-order valence-electron chi connectivity index (χ1n) is 7.65. The van der Waals surface area contributed by atoms with Gasteiger partial charge in [-0.05, 0) is 17.7 Å². The number of rotatable bonds is 5. The predicted molar refractivity (Wildman–Crippen MR) is 93.7 cm³/mol. The molecule has 2 aromatic heterocycles. The number of benzene rings is 1. The predicted octanol–water partition coefficient (Wildman–Crippen LogP) is 2.70. The number of hydrogen-bond acceptors (Lipinski definition) is 4. The zero-order chi connectivity index (χ0) is 17.5. The highest BCUT2D eigenvalue weighted by molar-refractivity contribution is 6.02. The van der Waals surface area contributed by atoms with E-state index in [4.69, 9.17) is 0 Å². The van der Waals surface area contributed by atoms with Crippen LogP contribution in [0.5, 0.6) is 0 Å². The molecule has 0 aliphatic heterocycles. The normalized spacial score (nSPS) is 10.9. The minimum atomic E-state index is -0.438. The molecule has 0 fully saturated rings. The van der Waals surface area contributed by atoms with Gasteiger partial charge < -0.3 is 5.32 Å². The number of hydrogen-bond donors (Lipinski definition) is 2. The van der Waals surface area contributed by atoms with Gasteiger partial charge in [0.1, 0.15) is 11.6 Å². The molecule has 3 rings (SSSR count). The lowest BCUT2D eigenvalue weighted by Crippen LogP contribution is -2.24. The molecule has 1 amide bonds. The molecule has 0 aliphatic rings. The van der Waals surface area contributed by atoms with Crippen molar-refractivity contribution in [3.63, 3.8) is 0 Å². The fraction of sp³-hybridized carbons (Fsp3) is 0.0526. The van der Waals surface area contributed by atoms with Gasteiger partial charge in [-0.3, -0.25) is 14.9 Å². The van der Waals surface area contributed by atoms with Gasteiger partial charge in [-0.25, -0.2) is 0 Å². The van der Waals surface area contributed by atoms with E-state index in [0.717, 1.165) is 16.8 Å². The average molecular weight is 329 g/mol. The van der Waals surface area contributed by atoms with Crippen LogP contribution in [0.3, 0.4) is 0 Å². The Morgan fingerprint density at radius 2 is 2.04 bits per heavy atom. The van der Waals surface area contributed by atoms with Crippen molar-refractivity contribution in [2.45, 2.75) is 6.54 Å². The van der Waals surface area contributed by atoms with Gasteiger partial charge >= 0.3 is 0 Å². The molecule has 122 valence electrons. The van der Waals surface area contributed by atoms with Gasteiger partial charge in [-0.15, -0.1) is 0 Å². The largest absolute Gasteiger partial charge is 0.347 e. The van der Waals surface area contributed by atoms with Gasteiger partial charge in [-0.2, -0.15) is 10.4 Å². The fourth-order valence-corrected chi connectivity index (χ4v) is 2.33. The molecule has 0 atom stereocenters. The SMILES string of the molecule is N#C/C(=C\c1cn[nH]c1-c1ccccc1)C(=O)NCc1cccnc1. The van der Waals surface area contributed by atoms with Crippen molar-refractivity contribution in [3.05, 3.63) is 77.8 Å². The van der Waals surface area contributed by atoms with Crippen LogP contribution < -0.4 is 5.32 Å². The van der Waals surface area contributed by atoms with Crippen LogP contribution in [-0.4, -0.2) is 21.1 Å². The van der Waals surface area contributed by atoms with Crippen LogP contribution in [0.25, 0.3) is 17.3 Å². The van der Waals surface area contributed by atoms with E-state index in [0.29, 0.717) is 12.1 Å². The highest BCUT2D eigenvalue weighted by Crippen LogP contribution is 2.22. The lowest BCUT2D eigenvalue weighted by molar-refractivity contribution is -0.117. The zero-order valence-electron chi connectivity index (χ0n) is 13.3. The van der Waals surface area contributed by atoms with E-state index in [1.807, 2.05) is 42.5 Å². The Bertz CT molecular complexity index is 923. The van der Waals surface area contributed by atoms with Gasteiger partial charge in [0.15, 0.2) is 0 Å². The summed E-state index contributed by atoms with van der Waals surface area (Å²) in [5.74, 6) is -0.438. The van der Waals surface area contributed by atoms with E-state index in [9.17, 15) is 10.1 Å². The highest BCUT2D eigenvalue weighted by atomic mass is 16.1. The van der Waals surface area contributed by atoms with Crippen molar-refractivity contribution < 1.29 is 4.79 Å². The Morgan fingerprint density at radius 3 is 2.76 bits per heavy atom. The maximum absolute atomic E-state index is 12.3. The molecule has 0 bridgehead atoms. The molecule has 0 saturated heterocycles. The third-order valence-electron chi connectivity index (χ3n) is 3.57. The van der Waals surface area contributed by atoms with Crippen LogP contribution >= 0.6 is 0 Å². The maximum Gasteiger partial charge on any atom is 0.262 e. The Balaban J connectivity index is 1.78. The summed E-state index contributed by atoms with van der Waals surface area (Å²) in [5.41, 5.74) is 3.25. The van der Waals surface area contributed by atoms with Crippen LogP contribution in [0.15, 0.2) is 66.6 Å². The molecule has 6 heteroatoms. The van der Waals surface area contributed by atoms with Crippen molar-refractivity contribution in [1.82, 2.24) is 20.5 Å². The van der Waals surface area contributed by atoms with E-state index in [2.05, 4.69) is 20.5 Å². The number of amides is 1. The van der Waals surface area contributed by atoms with Crippen LogP contribution in [0.1, 0.15) is 11.1 Å². The van der Waals surface area contributed by atoms with Crippen LogP contribution in [-0.2, 0) is 11.3 Å². The second kappa shape index (κ2) is 7.70. The van der Waals surface area contributed by atoms with E-state index in [-0.39, 0.29) is 5.57 Å². The van der Waals surface area contributed by atoms with Crippen molar-refractivity contribution in [1.29, 1.82) is 5.26 Å². The highest BCUT2D eigenvalue weighted by Gasteiger charge is 2.12. The van der Waals surface area contributed by atoms with E-state index in [1.165, 1.54) is 6.08 Å². The lowest BCUT2D eigenvalue weighted by Gasteiger charge is -2.04. The Labute approximate surface area is 144 Å². The summed E-state index contributed by atoms with van der Waals surface area (Å²) in [6, 6.07) is 15.2. The number of aromatic nitrogens is 3. The Hall–Kier alpha value is -3.72. The van der Waals surface area contributed by atoms with Gasteiger partial charge in [0, 0.05) is 30.1 Å². The summed E-state index contributed by atoms with van der Waals surface area (Å²) in [7, 11) is 0. The number of carbonyl (C=O) groups is 1. The quantitative estimate of drug-likeness (QED) is 0.556. The first kappa shape index (κ1) is 16.1. The van der Waals surface area contributed by atoms with Crippen LogP contribution in [0, 0.1) is 11.3 Å². The lowest BCUT2D eigenvalue weighted by atomic mass is 10.1. The van der Waals surface area contributed by atoms with Gasteiger partial charge in [0.25, 0.3) is 5.91 Å². The molecule has 0 spiro atoms. The number of pyridine rings is 1. The van der Waals surface area contributed by atoms with Crippen molar-refractivity contribution in [3.8, 4) is 17.3 Å². The number of nitrogens with zero attached hydrogens (tertiary/aromatic N) is 3. The van der Waals surface area contributed by atoms with Crippen molar-refractivity contribution >= 4 is 12.0 Å². The number of nitriles is 1. The first-order chi connectivity index (χ1) is 12.3. The molecule has 2 N–H and O–H groups in total. The minimum Gasteiger partial charge on any atom is -0.347 e. The second-order valence-electron chi connectivity index (χ2n) is 5.28. The summed E-state index contributed by atoms with van der Waals surface area (Å²) in [6.07, 6.45) is 6.45. The fourth-order valence-electron chi connectivity index (χ4n) is 2.33. The summed E-state index contributed by atoms with van der Waals surface area (Å²) < 4.78 is 0. The average Bonchev–Trinajstić information content (AvgIpc) is 3.14. The molecule has 0 radical (unpaired) electrons. The van der Waals surface area contributed by atoms with Gasteiger partial charge in [0.2, 0.25) is 0 Å². The third kappa shape index (κ3) is 3.98. The summed E-state index contributed by atoms with van der Waals surface area (Å²) >= 11 is 0. The van der Waals surface area contributed by atoms with E-state index < -0.39 is 5.91 Å². The molecule has 25 heavy (non-hydrogen) atoms. The molecule has 6 nitrogen and oxygen atoms in total. The number of aromatic amines is 1. The third-order valence-corrected chi connectivity index (χ3v) is 3.57. The van der Waals surface area contributed by atoms with E-state index >= 15 is 0 Å². The maximum atomic E-state index is 12.3. The summed E-state index contributed by atoms with van der Waals surface area (Å²) in [5, 5.41) is 19.0. The second-order valence-corrected chi connectivity index (χ2v) is 5.28. The molecule has 0 unspecified atom stereocenters. The standard InChI is InChI=1S/C19H15N5O/c20-10-16(19(25)22-12-14-5-4-8-21-11-14)9-17-13-23-24-18(17)15-6-2-1-3-7-15/h1-9,11,13H,12H2,(H,22,25)(H,23,24)/b16-9+. The smallest absolute Gasteiger partial charge is 0.262 e.